The van der Waals surface area contributed by atoms with E-state index in [1.54, 1.807) is 12.1 Å². The van der Waals surface area contributed by atoms with Crippen molar-refractivity contribution >= 4 is 5.69 Å². The van der Waals surface area contributed by atoms with E-state index in [1.165, 1.54) is 13.2 Å². The van der Waals surface area contributed by atoms with Gasteiger partial charge in [-0.2, -0.15) is 0 Å². The summed E-state index contributed by atoms with van der Waals surface area (Å²) in [5.41, 5.74) is 6.36. The van der Waals surface area contributed by atoms with Crippen molar-refractivity contribution in [3.05, 3.63) is 23.8 Å². The van der Waals surface area contributed by atoms with Crippen molar-refractivity contribution in [2.24, 2.45) is 0 Å². The largest absolute Gasteiger partial charge is 0.496 e. The minimum absolute atomic E-state index is 0.360. The van der Waals surface area contributed by atoms with Gasteiger partial charge >= 0.3 is 0 Å². The van der Waals surface area contributed by atoms with Crippen LogP contribution in [-0.2, 0) is 0 Å². The minimum Gasteiger partial charge on any atom is -0.496 e. The number of nitrogens with two attached hydrogens (primary N) is 1. The number of hydrogen-bond donors (Lipinski definition) is 4. The molecule has 0 amide bonds. The van der Waals surface area contributed by atoms with Gasteiger partial charge in [0.05, 0.1) is 13.7 Å². The lowest BCUT2D eigenvalue weighted by Gasteiger charge is -2.18. The Labute approximate surface area is 87.7 Å². The Bertz CT molecular complexity index is 329. The molecule has 1 aromatic rings. The molecular formula is C10H15NO4. The quantitative estimate of drug-likeness (QED) is 0.513. The summed E-state index contributed by atoms with van der Waals surface area (Å²) in [6.45, 7) is -0.529. The SMILES string of the molecule is COc1ccc(N)cc1C(O)C(O)CO. The van der Waals surface area contributed by atoms with Gasteiger partial charge in [0.25, 0.3) is 0 Å². The summed E-state index contributed by atoms with van der Waals surface area (Å²) in [7, 11) is 1.45. The van der Waals surface area contributed by atoms with E-state index in [0.717, 1.165) is 0 Å². The van der Waals surface area contributed by atoms with E-state index in [1.807, 2.05) is 0 Å². The van der Waals surface area contributed by atoms with Crippen molar-refractivity contribution in [2.45, 2.75) is 12.2 Å². The molecule has 0 heterocycles. The van der Waals surface area contributed by atoms with Crippen LogP contribution in [0.3, 0.4) is 0 Å². The number of aliphatic hydroxyl groups is 3. The van der Waals surface area contributed by atoms with Gasteiger partial charge in [-0.15, -0.1) is 0 Å². The van der Waals surface area contributed by atoms with E-state index in [9.17, 15) is 10.2 Å². The van der Waals surface area contributed by atoms with Gasteiger partial charge in [0.1, 0.15) is 18.0 Å². The lowest BCUT2D eigenvalue weighted by Crippen LogP contribution is -2.22. The van der Waals surface area contributed by atoms with Crippen LogP contribution in [0.1, 0.15) is 11.7 Å². The molecule has 1 rings (SSSR count). The second kappa shape index (κ2) is 4.97. The minimum atomic E-state index is -1.25. The molecule has 1 aromatic carbocycles. The summed E-state index contributed by atoms with van der Waals surface area (Å²) in [5, 5.41) is 27.7. The number of methoxy groups -OCH3 is 1. The van der Waals surface area contributed by atoms with Gasteiger partial charge in [-0.05, 0) is 18.2 Å². The highest BCUT2D eigenvalue weighted by molar-refractivity contribution is 5.49. The molecule has 0 saturated heterocycles. The predicted molar refractivity (Wildman–Crippen MR) is 55.5 cm³/mol. The maximum Gasteiger partial charge on any atom is 0.124 e. The lowest BCUT2D eigenvalue weighted by atomic mass is 10.0. The molecule has 0 aliphatic carbocycles. The van der Waals surface area contributed by atoms with Gasteiger partial charge in [-0.25, -0.2) is 0 Å². The highest BCUT2D eigenvalue weighted by atomic mass is 16.5. The highest BCUT2D eigenvalue weighted by Crippen LogP contribution is 2.29. The molecule has 5 N–H and O–H groups in total. The van der Waals surface area contributed by atoms with Crippen LogP contribution in [0.25, 0.3) is 0 Å². The van der Waals surface area contributed by atoms with Crippen molar-refractivity contribution in [1.29, 1.82) is 0 Å². The van der Waals surface area contributed by atoms with Crippen molar-refractivity contribution in [3.8, 4) is 5.75 Å². The maximum atomic E-state index is 9.68. The monoisotopic (exact) mass is 213 g/mol. The zero-order chi connectivity index (χ0) is 11.4. The molecule has 0 saturated carbocycles. The summed E-state index contributed by atoms with van der Waals surface area (Å²) in [6.07, 6.45) is -2.46. The molecule has 0 fully saturated rings. The van der Waals surface area contributed by atoms with Crippen LogP contribution in [0.2, 0.25) is 0 Å². The van der Waals surface area contributed by atoms with Crippen LogP contribution in [-0.4, -0.2) is 35.1 Å². The van der Waals surface area contributed by atoms with Gasteiger partial charge in [0, 0.05) is 11.3 Å². The van der Waals surface area contributed by atoms with Crippen LogP contribution >= 0.6 is 0 Å². The number of hydrogen-bond acceptors (Lipinski definition) is 5. The summed E-state index contributed by atoms with van der Waals surface area (Å²) < 4.78 is 5.01. The standard InChI is InChI=1S/C10H15NO4/c1-15-9-3-2-6(11)4-7(9)10(14)8(13)5-12/h2-4,8,10,12-14H,5,11H2,1H3. The average Bonchev–Trinajstić information content (AvgIpc) is 2.27. The third kappa shape index (κ3) is 2.59. The fourth-order valence-electron chi connectivity index (χ4n) is 1.29. The van der Waals surface area contributed by atoms with Crippen LogP contribution < -0.4 is 10.5 Å². The summed E-state index contributed by atoms with van der Waals surface area (Å²) in [5.74, 6) is 0.421. The number of benzene rings is 1. The highest BCUT2D eigenvalue weighted by Gasteiger charge is 2.21. The summed E-state index contributed by atoms with van der Waals surface area (Å²) in [6, 6.07) is 4.72. The first kappa shape index (κ1) is 11.8. The van der Waals surface area contributed by atoms with Crippen molar-refractivity contribution < 1.29 is 20.1 Å². The third-order valence-corrected chi connectivity index (χ3v) is 2.12. The molecule has 2 atom stereocenters. The molecule has 0 radical (unpaired) electrons. The topological polar surface area (TPSA) is 95.9 Å². The smallest absolute Gasteiger partial charge is 0.124 e. The molecule has 0 bridgehead atoms. The Morgan fingerprint density at radius 1 is 1.40 bits per heavy atom. The van der Waals surface area contributed by atoms with Gasteiger partial charge in [0.15, 0.2) is 0 Å². The Kier molecular flexibility index (Phi) is 3.90. The van der Waals surface area contributed by atoms with Gasteiger partial charge < -0.3 is 25.8 Å². The third-order valence-electron chi connectivity index (χ3n) is 2.12. The molecule has 5 heteroatoms. The number of rotatable bonds is 4. The van der Waals surface area contributed by atoms with Crippen LogP contribution in [0.4, 0.5) is 5.69 Å². The lowest BCUT2D eigenvalue weighted by molar-refractivity contribution is -0.0161. The number of aliphatic hydroxyl groups excluding tert-OH is 3. The van der Waals surface area contributed by atoms with Gasteiger partial charge in [-0.1, -0.05) is 0 Å². The van der Waals surface area contributed by atoms with Crippen molar-refractivity contribution in [3.63, 3.8) is 0 Å². The van der Waals surface area contributed by atoms with Crippen molar-refractivity contribution in [1.82, 2.24) is 0 Å². The second-order valence-corrected chi connectivity index (χ2v) is 3.20. The summed E-state index contributed by atoms with van der Waals surface area (Å²) >= 11 is 0. The normalized spacial score (nSPS) is 14.7. The van der Waals surface area contributed by atoms with E-state index < -0.39 is 18.8 Å². The molecule has 5 nitrogen and oxygen atoms in total. The second-order valence-electron chi connectivity index (χ2n) is 3.20. The molecule has 0 aromatic heterocycles. The van der Waals surface area contributed by atoms with Crippen molar-refractivity contribution in [2.75, 3.05) is 19.5 Å². The predicted octanol–water partition coefficient (Wildman–Crippen LogP) is -0.336. The Morgan fingerprint density at radius 2 is 2.07 bits per heavy atom. The van der Waals surface area contributed by atoms with Gasteiger partial charge in [0.2, 0.25) is 0 Å². The Balaban J connectivity index is 3.05. The Morgan fingerprint density at radius 3 is 2.60 bits per heavy atom. The van der Waals surface area contributed by atoms with Gasteiger partial charge in [-0.3, -0.25) is 0 Å². The first-order valence-electron chi connectivity index (χ1n) is 4.50. The molecule has 0 spiro atoms. The number of anilines is 1. The Hall–Kier alpha value is -1.30. The zero-order valence-corrected chi connectivity index (χ0v) is 8.42. The fraction of sp³-hybridized carbons (Fsp3) is 0.400. The van der Waals surface area contributed by atoms with Crippen LogP contribution in [0.5, 0.6) is 5.75 Å². The molecule has 15 heavy (non-hydrogen) atoms. The summed E-state index contributed by atoms with van der Waals surface area (Å²) in [4.78, 5) is 0. The number of ether oxygens (including phenoxy) is 1. The average molecular weight is 213 g/mol. The van der Waals surface area contributed by atoms with E-state index in [0.29, 0.717) is 17.0 Å². The zero-order valence-electron chi connectivity index (χ0n) is 8.42. The van der Waals surface area contributed by atoms with E-state index in [-0.39, 0.29) is 0 Å². The number of nitrogen functional groups attached to an aromatic ring is 1. The molecule has 0 aliphatic heterocycles. The van der Waals surface area contributed by atoms with E-state index >= 15 is 0 Å². The molecular weight excluding hydrogens is 198 g/mol. The fourth-order valence-corrected chi connectivity index (χ4v) is 1.29. The molecule has 0 aliphatic rings. The van der Waals surface area contributed by atoms with E-state index in [2.05, 4.69) is 0 Å². The molecule has 2 unspecified atom stereocenters. The molecule has 84 valence electrons. The maximum absolute atomic E-state index is 9.68. The van der Waals surface area contributed by atoms with E-state index in [4.69, 9.17) is 15.6 Å². The first-order chi connectivity index (χ1) is 7.10. The van der Waals surface area contributed by atoms with Crippen LogP contribution in [0.15, 0.2) is 18.2 Å². The van der Waals surface area contributed by atoms with Crippen LogP contribution in [0, 0.1) is 0 Å². The first-order valence-corrected chi connectivity index (χ1v) is 4.50.